The Morgan fingerprint density at radius 2 is 2.08 bits per heavy atom. The normalized spacial score (nSPS) is 9.33. The van der Waals surface area contributed by atoms with Crippen LogP contribution >= 0.6 is 0 Å². The topological polar surface area (TPSA) is 64.3 Å². The fourth-order valence-corrected chi connectivity index (χ4v) is 0.773. The van der Waals surface area contributed by atoms with Crippen molar-refractivity contribution in [3.63, 3.8) is 0 Å². The zero-order valence-corrected chi connectivity index (χ0v) is 6.49. The van der Waals surface area contributed by atoms with Crippen LogP contribution in [0.1, 0.15) is 5.56 Å². The molecule has 0 radical (unpaired) electrons. The molecule has 64 valence electrons. The van der Waals surface area contributed by atoms with Crippen molar-refractivity contribution in [2.24, 2.45) is 0 Å². The van der Waals surface area contributed by atoms with Gasteiger partial charge in [-0.15, -0.1) is 0 Å². The molecule has 0 unspecified atom stereocenters. The first-order valence-electron chi connectivity index (χ1n) is 3.48. The fraction of sp³-hybridized carbons (Fsp3) is 0.125. The summed E-state index contributed by atoms with van der Waals surface area (Å²) in [5.74, 6) is 0. The maximum Gasteiger partial charge on any atom is 0.230 e. The number of nitrogens with one attached hydrogen (secondary N) is 1. The maximum atomic E-state index is 9.79. The highest BCUT2D eigenvalue weighted by atomic mass is 16.6. The molecule has 1 rings (SSSR count). The predicted molar refractivity (Wildman–Crippen MR) is 44.8 cm³/mol. The van der Waals surface area contributed by atoms with E-state index in [4.69, 9.17) is 10.6 Å². The minimum Gasteiger partial charge on any atom is -0.399 e. The Hall–Kier alpha value is -1.55. The average Bonchev–Trinajstić information content (AvgIpc) is 2.09. The number of hydroxylamine groups is 1. The van der Waals surface area contributed by atoms with E-state index < -0.39 is 0 Å². The summed E-state index contributed by atoms with van der Waals surface area (Å²) in [6.45, 7) is 0.346. The number of nitrogen functional groups attached to an aromatic ring is 1. The predicted octanol–water partition coefficient (Wildman–Crippen LogP) is 0.446. The minimum absolute atomic E-state index is 0.346. The molecule has 0 saturated carbocycles. The quantitative estimate of drug-likeness (QED) is 0.295. The van der Waals surface area contributed by atoms with Gasteiger partial charge in [0.15, 0.2) is 0 Å². The summed E-state index contributed by atoms with van der Waals surface area (Å²) in [7, 11) is 0. The first-order valence-corrected chi connectivity index (χ1v) is 3.48. The van der Waals surface area contributed by atoms with E-state index in [1.54, 1.807) is 12.1 Å². The smallest absolute Gasteiger partial charge is 0.230 e. The van der Waals surface area contributed by atoms with Gasteiger partial charge in [0.1, 0.15) is 0 Å². The molecule has 3 N–H and O–H groups in total. The highest BCUT2D eigenvalue weighted by molar-refractivity contribution is 5.44. The van der Waals surface area contributed by atoms with Crippen LogP contribution in [0.3, 0.4) is 0 Å². The summed E-state index contributed by atoms with van der Waals surface area (Å²) in [4.78, 5) is 14.5. The highest BCUT2D eigenvalue weighted by Gasteiger charge is 1.91. The second-order valence-corrected chi connectivity index (χ2v) is 2.27. The number of carbonyl (C=O) groups is 1. The Morgan fingerprint density at radius 1 is 1.42 bits per heavy atom. The van der Waals surface area contributed by atoms with E-state index in [1.165, 1.54) is 0 Å². The molecule has 0 fully saturated rings. The molecular formula is C8H10N2O2. The SMILES string of the molecule is Nc1ccc(CONC=O)cc1. The maximum absolute atomic E-state index is 9.79. The number of carbonyl (C=O) groups excluding carboxylic acids is 1. The summed E-state index contributed by atoms with van der Waals surface area (Å²) in [5, 5.41) is 0. The van der Waals surface area contributed by atoms with E-state index in [0.717, 1.165) is 5.56 Å². The van der Waals surface area contributed by atoms with Gasteiger partial charge in [-0.05, 0) is 17.7 Å². The molecule has 0 atom stereocenters. The van der Waals surface area contributed by atoms with E-state index in [-0.39, 0.29) is 0 Å². The Bertz CT molecular complexity index is 246. The average molecular weight is 166 g/mol. The minimum atomic E-state index is 0.346. The van der Waals surface area contributed by atoms with Gasteiger partial charge in [-0.1, -0.05) is 12.1 Å². The summed E-state index contributed by atoms with van der Waals surface area (Å²) < 4.78 is 0. The van der Waals surface area contributed by atoms with Crippen LogP contribution in [0.25, 0.3) is 0 Å². The van der Waals surface area contributed by atoms with Crippen LogP contribution in [0.15, 0.2) is 24.3 Å². The number of nitrogens with two attached hydrogens (primary N) is 1. The van der Waals surface area contributed by atoms with Crippen molar-refractivity contribution in [2.45, 2.75) is 6.61 Å². The van der Waals surface area contributed by atoms with Crippen molar-refractivity contribution < 1.29 is 9.63 Å². The standard InChI is InChI=1S/C8H10N2O2/c9-8-3-1-7(2-4-8)5-12-10-6-11/h1-4,6H,5,9H2,(H,10,11). The van der Waals surface area contributed by atoms with Gasteiger partial charge >= 0.3 is 0 Å². The Balaban J connectivity index is 2.42. The van der Waals surface area contributed by atoms with Crippen LogP contribution in [0, 0.1) is 0 Å². The van der Waals surface area contributed by atoms with Crippen LogP contribution in [-0.2, 0) is 16.2 Å². The zero-order chi connectivity index (χ0) is 8.81. The largest absolute Gasteiger partial charge is 0.399 e. The van der Waals surface area contributed by atoms with Gasteiger partial charge in [0.2, 0.25) is 6.41 Å². The Kier molecular flexibility index (Phi) is 3.10. The molecule has 0 heterocycles. The third-order valence-corrected chi connectivity index (χ3v) is 1.35. The molecule has 0 aliphatic rings. The van der Waals surface area contributed by atoms with E-state index in [0.29, 0.717) is 18.7 Å². The number of hydrogen-bond acceptors (Lipinski definition) is 3. The third-order valence-electron chi connectivity index (χ3n) is 1.35. The summed E-state index contributed by atoms with van der Waals surface area (Å²) >= 11 is 0. The van der Waals surface area contributed by atoms with Gasteiger partial charge in [-0.25, -0.2) is 5.48 Å². The molecule has 0 aromatic heterocycles. The van der Waals surface area contributed by atoms with E-state index in [2.05, 4.69) is 5.48 Å². The van der Waals surface area contributed by atoms with Crippen molar-refractivity contribution in [2.75, 3.05) is 5.73 Å². The lowest BCUT2D eigenvalue weighted by Crippen LogP contribution is -2.10. The van der Waals surface area contributed by atoms with Gasteiger partial charge in [-0.3, -0.25) is 9.63 Å². The van der Waals surface area contributed by atoms with Gasteiger partial charge < -0.3 is 5.73 Å². The van der Waals surface area contributed by atoms with E-state index in [1.807, 2.05) is 12.1 Å². The van der Waals surface area contributed by atoms with Crippen molar-refractivity contribution in [1.82, 2.24) is 5.48 Å². The monoisotopic (exact) mass is 166 g/mol. The van der Waals surface area contributed by atoms with Crippen LogP contribution in [0.5, 0.6) is 0 Å². The van der Waals surface area contributed by atoms with Gasteiger partial charge in [0, 0.05) is 5.69 Å². The fourth-order valence-electron chi connectivity index (χ4n) is 0.773. The van der Waals surface area contributed by atoms with E-state index >= 15 is 0 Å². The lowest BCUT2D eigenvalue weighted by molar-refractivity contribution is -0.121. The first-order chi connectivity index (χ1) is 5.83. The van der Waals surface area contributed by atoms with Gasteiger partial charge in [-0.2, -0.15) is 0 Å². The molecule has 0 spiro atoms. The van der Waals surface area contributed by atoms with Crippen LogP contribution in [0.2, 0.25) is 0 Å². The van der Waals surface area contributed by atoms with Gasteiger partial charge in [0.25, 0.3) is 0 Å². The molecule has 12 heavy (non-hydrogen) atoms. The number of anilines is 1. The summed E-state index contributed by atoms with van der Waals surface area (Å²) in [5.41, 5.74) is 9.24. The van der Waals surface area contributed by atoms with E-state index in [9.17, 15) is 4.79 Å². The van der Waals surface area contributed by atoms with Crippen molar-refractivity contribution >= 4 is 12.1 Å². The Morgan fingerprint density at radius 3 is 2.67 bits per heavy atom. The highest BCUT2D eigenvalue weighted by Crippen LogP contribution is 2.05. The van der Waals surface area contributed by atoms with Crippen molar-refractivity contribution in [3.05, 3.63) is 29.8 Å². The van der Waals surface area contributed by atoms with Crippen molar-refractivity contribution in [3.8, 4) is 0 Å². The Labute approximate surface area is 70.3 Å². The summed E-state index contributed by atoms with van der Waals surface area (Å²) in [6.07, 6.45) is 0.483. The molecule has 1 amide bonds. The second-order valence-electron chi connectivity index (χ2n) is 2.27. The number of hydrogen-bond donors (Lipinski definition) is 2. The molecule has 0 aliphatic heterocycles. The lowest BCUT2D eigenvalue weighted by atomic mass is 10.2. The second kappa shape index (κ2) is 4.35. The number of amides is 1. The summed E-state index contributed by atoms with van der Waals surface area (Å²) in [6, 6.07) is 7.23. The first kappa shape index (κ1) is 8.55. The molecule has 0 aliphatic carbocycles. The molecule has 0 saturated heterocycles. The molecule has 4 nitrogen and oxygen atoms in total. The van der Waals surface area contributed by atoms with Crippen molar-refractivity contribution in [1.29, 1.82) is 0 Å². The van der Waals surface area contributed by atoms with Crippen LogP contribution in [-0.4, -0.2) is 6.41 Å². The molecule has 0 bridgehead atoms. The molecule has 1 aromatic rings. The number of benzene rings is 1. The molecular weight excluding hydrogens is 156 g/mol. The van der Waals surface area contributed by atoms with Gasteiger partial charge in [0.05, 0.1) is 6.61 Å². The lowest BCUT2D eigenvalue weighted by Gasteiger charge is -2.00. The zero-order valence-electron chi connectivity index (χ0n) is 6.49. The molecule has 1 aromatic carbocycles. The van der Waals surface area contributed by atoms with Crippen LogP contribution < -0.4 is 11.2 Å². The third kappa shape index (κ3) is 2.59. The number of rotatable bonds is 4. The molecule has 4 heteroatoms. The van der Waals surface area contributed by atoms with Crippen LogP contribution in [0.4, 0.5) is 5.69 Å².